The first-order valence-corrected chi connectivity index (χ1v) is 12.5. The van der Waals surface area contributed by atoms with Crippen LogP contribution in [0.15, 0.2) is 81.1 Å². The number of hydrogen-bond donors (Lipinski definition) is 0. The molecule has 1 fully saturated rings. The molecule has 4 rings (SSSR count). The van der Waals surface area contributed by atoms with Crippen LogP contribution >= 0.6 is 27.7 Å². The third-order valence-corrected chi connectivity index (χ3v) is 6.78. The zero-order valence-corrected chi connectivity index (χ0v) is 21.5. The van der Waals surface area contributed by atoms with Crippen LogP contribution in [0, 0.1) is 12.7 Å². The van der Waals surface area contributed by atoms with Crippen molar-refractivity contribution in [1.82, 2.24) is 4.90 Å². The topological polar surface area (TPSA) is 41.9 Å². The summed E-state index contributed by atoms with van der Waals surface area (Å²) < 4.78 is 19.7. The van der Waals surface area contributed by atoms with Crippen LogP contribution in [-0.2, 0) is 11.4 Å². The number of hydrogen-bond acceptors (Lipinski definition) is 4. The second kappa shape index (κ2) is 10.6. The summed E-state index contributed by atoms with van der Waals surface area (Å²) in [4.78, 5) is 20.2. The van der Waals surface area contributed by atoms with Gasteiger partial charge in [-0.1, -0.05) is 35.9 Å². The molecule has 1 aliphatic heterocycles. The number of thioether (sulfide) groups is 1. The summed E-state index contributed by atoms with van der Waals surface area (Å²) in [6, 6.07) is 19.8. The highest BCUT2D eigenvalue weighted by Gasteiger charge is 2.35. The molecule has 0 unspecified atom stereocenters. The van der Waals surface area contributed by atoms with Crippen molar-refractivity contribution in [2.75, 3.05) is 0 Å². The van der Waals surface area contributed by atoms with Crippen molar-refractivity contribution in [2.45, 2.75) is 33.4 Å². The zero-order valence-electron chi connectivity index (χ0n) is 19.1. The first kappa shape index (κ1) is 24.2. The normalized spacial score (nSPS) is 16.2. The molecule has 1 heterocycles. The number of nitrogens with zero attached hydrogens (tertiary/aromatic N) is 2. The van der Waals surface area contributed by atoms with Gasteiger partial charge in [-0.15, -0.1) is 0 Å². The highest BCUT2D eigenvalue weighted by molar-refractivity contribution is 9.10. The third-order valence-electron chi connectivity index (χ3n) is 5.17. The van der Waals surface area contributed by atoms with Crippen LogP contribution in [0.5, 0.6) is 5.75 Å². The van der Waals surface area contributed by atoms with Crippen LogP contribution in [0.25, 0.3) is 6.08 Å². The van der Waals surface area contributed by atoms with E-state index in [2.05, 4.69) is 15.9 Å². The van der Waals surface area contributed by atoms with Gasteiger partial charge in [0.2, 0.25) is 0 Å². The maximum atomic E-state index is 13.1. The fourth-order valence-electron chi connectivity index (χ4n) is 3.37. The van der Waals surface area contributed by atoms with E-state index in [1.807, 2.05) is 69.3 Å². The predicted molar refractivity (Wildman–Crippen MR) is 141 cm³/mol. The molecular weight excluding hydrogens is 515 g/mol. The van der Waals surface area contributed by atoms with Gasteiger partial charge in [-0.25, -0.2) is 9.38 Å². The van der Waals surface area contributed by atoms with Crippen molar-refractivity contribution in [2.24, 2.45) is 4.99 Å². The first-order valence-electron chi connectivity index (χ1n) is 10.9. The molecule has 0 aromatic heterocycles. The number of carbonyl (C=O) groups is 1. The van der Waals surface area contributed by atoms with Crippen LogP contribution in [-0.4, -0.2) is 22.0 Å². The van der Waals surface area contributed by atoms with Gasteiger partial charge >= 0.3 is 0 Å². The van der Waals surface area contributed by atoms with Gasteiger partial charge in [0, 0.05) is 6.04 Å². The number of amides is 1. The summed E-state index contributed by atoms with van der Waals surface area (Å²) >= 11 is 4.93. The smallest absolute Gasteiger partial charge is 0.266 e. The number of halogens is 2. The van der Waals surface area contributed by atoms with E-state index in [4.69, 9.17) is 9.73 Å². The van der Waals surface area contributed by atoms with Crippen molar-refractivity contribution in [3.63, 3.8) is 0 Å². The summed E-state index contributed by atoms with van der Waals surface area (Å²) in [6.45, 7) is 6.32. The van der Waals surface area contributed by atoms with Crippen molar-refractivity contribution in [1.29, 1.82) is 0 Å². The lowest BCUT2D eigenvalue weighted by atomic mass is 10.2. The molecule has 0 spiro atoms. The van der Waals surface area contributed by atoms with E-state index >= 15 is 0 Å². The molecule has 0 bridgehead atoms. The Kier molecular flexibility index (Phi) is 7.54. The molecule has 0 atom stereocenters. The first-order chi connectivity index (χ1) is 16.3. The summed E-state index contributed by atoms with van der Waals surface area (Å²) in [5, 5.41) is 0.674. The van der Waals surface area contributed by atoms with Gasteiger partial charge < -0.3 is 4.74 Å². The Labute approximate surface area is 211 Å². The Bertz CT molecular complexity index is 1250. The molecule has 1 aliphatic rings. The molecule has 174 valence electrons. The fraction of sp³-hybridized carbons (Fsp3) is 0.185. The van der Waals surface area contributed by atoms with Crippen molar-refractivity contribution < 1.29 is 13.9 Å². The molecule has 34 heavy (non-hydrogen) atoms. The minimum atomic E-state index is -0.273. The Hall–Kier alpha value is -2.90. The highest BCUT2D eigenvalue weighted by Crippen LogP contribution is 2.36. The van der Waals surface area contributed by atoms with Crippen molar-refractivity contribution in [3.05, 3.63) is 98.6 Å². The molecule has 0 N–H and O–H groups in total. The van der Waals surface area contributed by atoms with E-state index in [1.54, 1.807) is 17.0 Å². The van der Waals surface area contributed by atoms with Gasteiger partial charge in [0.15, 0.2) is 5.17 Å². The number of carbonyl (C=O) groups excluding carboxylic acids is 1. The monoisotopic (exact) mass is 538 g/mol. The molecular formula is C27H24BrFN2O2S. The van der Waals surface area contributed by atoms with Gasteiger partial charge in [0.05, 0.1) is 15.1 Å². The van der Waals surface area contributed by atoms with Crippen LogP contribution in [0.3, 0.4) is 0 Å². The molecule has 7 heteroatoms. The molecule has 4 nitrogen and oxygen atoms in total. The van der Waals surface area contributed by atoms with Crippen molar-refractivity contribution >= 4 is 50.5 Å². The average Bonchev–Trinajstić information content (AvgIpc) is 3.10. The molecule has 1 saturated heterocycles. The number of rotatable bonds is 6. The lowest BCUT2D eigenvalue weighted by Gasteiger charge is -2.19. The third kappa shape index (κ3) is 5.77. The minimum absolute atomic E-state index is 0.0101. The Morgan fingerprint density at radius 1 is 1.09 bits per heavy atom. The molecule has 1 amide bonds. The lowest BCUT2D eigenvalue weighted by Crippen LogP contribution is -2.35. The van der Waals surface area contributed by atoms with E-state index in [0.29, 0.717) is 22.4 Å². The number of ether oxygens (including phenoxy) is 1. The molecule has 0 saturated carbocycles. The van der Waals surface area contributed by atoms with Crippen LogP contribution in [0.4, 0.5) is 10.1 Å². The fourth-order valence-corrected chi connectivity index (χ4v) is 5.00. The quantitative estimate of drug-likeness (QED) is 0.305. The Balaban J connectivity index is 1.53. The number of amidine groups is 1. The van der Waals surface area contributed by atoms with Gasteiger partial charge in [-0.3, -0.25) is 9.69 Å². The Morgan fingerprint density at radius 2 is 1.79 bits per heavy atom. The molecule has 3 aromatic carbocycles. The van der Waals surface area contributed by atoms with E-state index in [-0.39, 0.29) is 17.8 Å². The molecule has 0 radical (unpaired) electrons. The van der Waals surface area contributed by atoms with Crippen LogP contribution in [0.2, 0.25) is 0 Å². The zero-order chi connectivity index (χ0) is 24.2. The van der Waals surface area contributed by atoms with Crippen molar-refractivity contribution in [3.8, 4) is 5.75 Å². The average molecular weight is 539 g/mol. The number of aliphatic imine (C=N–C) groups is 1. The summed E-state index contributed by atoms with van der Waals surface area (Å²) in [7, 11) is 0. The second-order valence-corrected chi connectivity index (χ2v) is 10.1. The van der Waals surface area contributed by atoms with Gasteiger partial charge in [0.25, 0.3) is 5.91 Å². The maximum Gasteiger partial charge on any atom is 0.266 e. The SMILES string of the molecule is Cc1ccc(N=C2S/C(=C/c3ccc(OCc4ccc(F)cc4)c(Br)c3)C(=O)N2C(C)C)cc1. The lowest BCUT2D eigenvalue weighted by molar-refractivity contribution is -0.123. The maximum absolute atomic E-state index is 13.1. The standard InChI is InChI=1S/C27H24BrFN2O2S/c1-17(2)31-26(32)25(34-27(31)30-22-11-4-18(3)5-12-22)15-20-8-13-24(23(28)14-20)33-16-19-6-9-21(29)10-7-19/h4-15,17H,16H2,1-3H3/b25-15+,30-27?. The van der Waals surface area contributed by atoms with E-state index in [1.165, 1.54) is 23.9 Å². The minimum Gasteiger partial charge on any atom is -0.488 e. The second-order valence-electron chi connectivity index (χ2n) is 8.21. The highest BCUT2D eigenvalue weighted by atomic mass is 79.9. The Morgan fingerprint density at radius 3 is 2.44 bits per heavy atom. The number of aryl methyl sites for hydroxylation is 1. The van der Waals surface area contributed by atoms with E-state index in [0.717, 1.165) is 26.9 Å². The van der Waals surface area contributed by atoms with Gasteiger partial charge in [-0.2, -0.15) is 0 Å². The predicted octanol–water partition coefficient (Wildman–Crippen LogP) is 7.49. The summed E-state index contributed by atoms with van der Waals surface area (Å²) in [5.74, 6) is 0.339. The number of benzene rings is 3. The summed E-state index contributed by atoms with van der Waals surface area (Å²) in [5.41, 5.74) is 3.73. The largest absolute Gasteiger partial charge is 0.488 e. The van der Waals surface area contributed by atoms with Crippen LogP contribution < -0.4 is 4.74 Å². The molecule has 3 aromatic rings. The van der Waals surface area contributed by atoms with Gasteiger partial charge in [0.1, 0.15) is 18.2 Å². The van der Waals surface area contributed by atoms with Gasteiger partial charge in [-0.05, 0) is 102 Å². The van der Waals surface area contributed by atoms with E-state index in [9.17, 15) is 9.18 Å². The summed E-state index contributed by atoms with van der Waals surface area (Å²) in [6.07, 6.45) is 1.87. The van der Waals surface area contributed by atoms with Crippen LogP contribution in [0.1, 0.15) is 30.5 Å². The van der Waals surface area contributed by atoms with E-state index < -0.39 is 0 Å². The molecule has 0 aliphatic carbocycles.